The quantitative estimate of drug-likeness (QED) is 0.840. The molecule has 0 aliphatic heterocycles. The lowest BCUT2D eigenvalue weighted by Crippen LogP contribution is -1.94. The Morgan fingerprint density at radius 1 is 1.33 bits per heavy atom. The summed E-state index contributed by atoms with van der Waals surface area (Å²) in [5, 5.41) is 13.6. The van der Waals surface area contributed by atoms with Crippen molar-refractivity contribution in [2.24, 2.45) is 5.92 Å². The molecule has 1 aromatic heterocycles. The van der Waals surface area contributed by atoms with E-state index in [-0.39, 0.29) is 5.75 Å². The van der Waals surface area contributed by atoms with E-state index in [0.29, 0.717) is 23.4 Å². The topological polar surface area (TPSA) is 59.2 Å². The number of benzene rings is 1. The predicted molar refractivity (Wildman–Crippen MR) is 70.5 cm³/mol. The molecule has 0 saturated carbocycles. The number of hydrogen-bond donors (Lipinski definition) is 1. The summed E-state index contributed by atoms with van der Waals surface area (Å²) < 4.78 is 5.16. The van der Waals surface area contributed by atoms with Gasteiger partial charge in [-0.15, -0.1) is 11.8 Å². The largest absolute Gasteiger partial charge is 0.507 e. The molecule has 0 saturated heterocycles. The van der Waals surface area contributed by atoms with Gasteiger partial charge in [0, 0.05) is 11.3 Å². The second kappa shape index (κ2) is 5.91. The van der Waals surface area contributed by atoms with Crippen molar-refractivity contribution in [2.75, 3.05) is 0 Å². The number of para-hydroxylation sites is 1. The second-order valence-corrected chi connectivity index (χ2v) is 5.48. The SMILES string of the molecule is CC(C)Cc1nc(CSc2ccccc2O)no1. The van der Waals surface area contributed by atoms with E-state index in [2.05, 4.69) is 24.0 Å². The molecule has 0 aliphatic carbocycles. The van der Waals surface area contributed by atoms with E-state index in [9.17, 15) is 5.11 Å². The summed E-state index contributed by atoms with van der Waals surface area (Å²) >= 11 is 1.50. The molecule has 4 nitrogen and oxygen atoms in total. The van der Waals surface area contributed by atoms with E-state index in [1.165, 1.54) is 11.8 Å². The zero-order valence-corrected chi connectivity index (χ0v) is 11.3. The van der Waals surface area contributed by atoms with Crippen LogP contribution >= 0.6 is 11.8 Å². The maximum atomic E-state index is 9.63. The number of thioether (sulfide) groups is 1. The summed E-state index contributed by atoms with van der Waals surface area (Å²) in [7, 11) is 0. The molecule has 0 radical (unpaired) electrons. The monoisotopic (exact) mass is 264 g/mol. The van der Waals surface area contributed by atoms with Crippen LogP contribution in [0.3, 0.4) is 0 Å². The number of phenolic OH excluding ortho intramolecular Hbond substituents is 1. The van der Waals surface area contributed by atoms with Gasteiger partial charge in [0.15, 0.2) is 5.82 Å². The molecule has 2 aromatic rings. The predicted octanol–water partition coefficient (Wildman–Crippen LogP) is 3.27. The first-order chi connectivity index (χ1) is 8.65. The van der Waals surface area contributed by atoms with Gasteiger partial charge < -0.3 is 9.63 Å². The molecule has 96 valence electrons. The number of phenols is 1. The minimum absolute atomic E-state index is 0.286. The Hall–Kier alpha value is -1.49. The molecule has 0 spiro atoms. The first kappa shape index (κ1) is 13.0. The highest BCUT2D eigenvalue weighted by Crippen LogP contribution is 2.29. The van der Waals surface area contributed by atoms with Gasteiger partial charge in [-0.3, -0.25) is 0 Å². The molecule has 1 heterocycles. The van der Waals surface area contributed by atoms with Crippen LogP contribution in [0.5, 0.6) is 5.75 Å². The Labute approximate surface area is 110 Å². The Morgan fingerprint density at radius 2 is 2.11 bits per heavy atom. The standard InChI is InChI=1S/C13H16N2O2S/c1-9(2)7-13-14-12(15-17-13)8-18-11-6-4-3-5-10(11)16/h3-6,9,16H,7-8H2,1-2H3. The molecule has 0 amide bonds. The zero-order valence-electron chi connectivity index (χ0n) is 10.5. The smallest absolute Gasteiger partial charge is 0.226 e. The van der Waals surface area contributed by atoms with Crippen LogP contribution in [0.15, 0.2) is 33.7 Å². The number of aromatic hydroxyl groups is 1. The van der Waals surface area contributed by atoms with Crippen molar-refractivity contribution >= 4 is 11.8 Å². The van der Waals surface area contributed by atoms with Crippen LogP contribution in [0.1, 0.15) is 25.6 Å². The minimum Gasteiger partial charge on any atom is -0.507 e. The molecule has 0 aliphatic rings. The van der Waals surface area contributed by atoms with Gasteiger partial charge in [-0.05, 0) is 18.1 Å². The normalized spacial score (nSPS) is 11.1. The van der Waals surface area contributed by atoms with Crippen molar-refractivity contribution < 1.29 is 9.63 Å². The number of aromatic nitrogens is 2. The Kier molecular flexibility index (Phi) is 4.25. The third kappa shape index (κ3) is 3.50. The first-order valence-electron chi connectivity index (χ1n) is 5.87. The number of rotatable bonds is 5. The molecule has 2 rings (SSSR count). The van der Waals surface area contributed by atoms with Gasteiger partial charge in [0.1, 0.15) is 5.75 Å². The lowest BCUT2D eigenvalue weighted by Gasteiger charge is -2.00. The van der Waals surface area contributed by atoms with Crippen molar-refractivity contribution in [3.63, 3.8) is 0 Å². The Morgan fingerprint density at radius 3 is 2.83 bits per heavy atom. The molecule has 18 heavy (non-hydrogen) atoms. The maximum absolute atomic E-state index is 9.63. The minimum atomic E-state index is 0.286. The third-order valence-electron chi connectivity index (χ3n) is 2.32. The highest BCUT2D eigenvalue weighted by Gasteiger charge is 2.09. The van der Waals surface area contributed by atoms with Gasteiger partial charge >= 0.3 is 0 Å². The molecule has 0 fully saturated rings. The molecular formula is C13H16N2O2S. The van der Waals surface area contributed by atoms with Gasteiger partial charge in [-0.2, -0.15) is 4.98 Å². The molecule has 0 unspecified atom stereocenters. The Bertz CT molecular complexity index is 511. The van der Waals surface area contributed by atoms with Crippen LogP contribution in [0.25, 0.3) is 0 Å². The van der Waals surface area contributed by atoms with E-state index >= 15 is 0 Å². The highest BCUT2D eigenvalue weighted by molar-refractivity contribution is 7.98. The van der Waals surface area contributed by atoms with E-state index in [0.717, 1.165) is 11.3 Å². The summed E-state index contributed by atoms with van der Waals surface area (Å²) in [6.45, 7) is 4.22. The van der Waals surface area contributed by atoms with Crippen LogP contribution in [-0.4, -0.2) is 15.2 Å². The van der Waals surface area contributed by atoms with Crippen LogP contribution in [-0.2, 0) is 12.2 Å². The van der Waals surface area contributed by atoms with Gasteiger partial charge in [0.2, 0.25) is 5.89 Å². The highest BCUT2D eigenvalue weighted by atomic mass is 32.2. The summed E-state index contributed by atoms with van der Waals surface area (Å²) in [5.74, 6) is 2.73. The fourth-order valence-corrected chi connectivity index (χ4v) is 2.30. The Balaban J connectivity index is 1.94. The number of hydrogen-bond acceptors (Lipinski definition) is 5. The maximum Gasteiger partial charge on any atom is 0.226 e. The summed E-state index contributed by atoms with van der Waals surface area (Å²) in [5.41, 5.74) is 0. The zero-order chi connectivity index (χ0) is 13.0. The van der Waals surface area contributed by atoms with Gasteiger partial charge in [-0.1, -0.05) is 31.1 Å². The molecule has 0 atom stereocenters. The van der Waals surface area contributed by atoms with Gasteiger partial charge in [0.05, 0.1) is 5.75 Å². The van der Waals surface area contributed by atoms with Crippen LogP contribution in [0.2, 0.25) is 0 Å². The summed E-state index contributed by atoms with van der Waals surface area (Å²) in [4.78, 5) is 5.14. The van der Waals surface area contributed by atoms with Crippen molar-refractivity contribution in [3.8, 4) is 5.75 Å². The fourth-order valence-electron chi connectivity index (χ4n) is 1.50. The molecule has 5 heteroatoms. The van der Waals surface area contributed by atoms with E-state index in [1.807, 2.05) is 12.1 Å². The van der Waals surface area contributed by atoms with Gasteiger partial charge in [-0.25, -0.2) is 0 Å². The van der Waals surface area contributed by atoms with Crippen molar-refractivity contribution in [3.05, 3.63) is 36.0 Å². The average Bonchev–Trinajstić information content (AvgIpc) is 2.75. The van der Waals surface area contributed by atoms with E-state index in [4.69, 9.17) is 4.52 Å². The third-order valence-corrected chi connectivity index (χ3v) is 3.37. The average molecular weight is 264 g/mol. The summed E-state index contributed by atoms with van der Waals surface area (Å²) in [6, 6.07) is 7.23. The van der Waals surface area contributed by atoms with Gasteiger partial charge in [0.25, 0.3) is 0 Å². The molecular weight excluding hydrogens is 248 g/mol. The van der Waals surface area contributed by atoms with Crippen LogP contribution in [0, 0.1) is 5.92 Å². The van der Waals surface area contributed by atoms with Crippen molar-refractivity contribution in [1.29, 1.82) is 0 Å². The fraction of sp³-hybridized carbons (Fsp3) is 0.385. The lowest BCUT2D eigenvalue weighted by molar-refractivity contribution is 0.360. The molecule has 0 bridgehead atoms. The van der Waals surface area contributed by atoms with Crippen LogP contribution in [0.4, 0.5) is 0 Å². The van der Waals surface area contributed by atoms with E-state index < -0.39 is 0 Å². The summed E-state index contributed by atoms with van der Waals surface area (Å²) in [6.07, 6.45) is 0.800. The van der Waals surface area contributed by atoms with Crippen molar-refractivity contribution in [1.82, 2.24) is 10.1 Å². The van der Waals surface area contributed by atoms with Crippen LogP contribution < -0.4 is 0 Å². The van der Waals surface area contributed by atoms with E-state index in [1.54, 1.807) is 12.1 Å². The van der Waals surface area contributed by atoms with Crippen molar-refractivity contribution in [2.45, 2.75) is 30.9 Å². The molecule has 1 N–H and O–H groups in total. The lowest BCUT2D eigenvalue weighted by atomic mass is 10.1. The second-order valence-electron chi connectivity index (χ2n) is 4.46. The first-order valence-corrected chi connectivity index (χ1v) is 6.86. The number of nitrogens with zero attached hydrogens (tertiary/aromatic N) is 2. The molecule has 1 aromatic carbocycles.